The SMILES string of the molecule is CNc1ncc2cc(-c3cc(NC(=O)NCCc4cccnc4)c(F)cc3C)c(=O)n(C)c2n1. The summed E-state index contributed by atoms with van der Waals surface area (Å²) in [5.41, 5.74) is 2.55. The number of carbonyl (C=O) groups excluding carboxylic acids is 1. The minimum atomic E-state index is -0.594. The molecule has 0 bridgehead atoms. The smallest absolute Gasteiger partial charge is 0.319 e. The van der Waals surface area contributed by atoms with E-state index in [0.29, 0.717) is 46.6 Å². The van der Waals surface area contributed by atoms with Gasteiger partial charge in [-0.25, -0.2) is 14.2 Å². The third-order valence-corrected chi connectivity index (χ3v) is 5.45. The standard InChI is InChI=1S/C24H24FN7O2/c1-14-9-19(25)20(30-24(34)28-8-6-15-5-4-7-27-12-15)11-17(14)18-10-16-13-29-23(26-2)31-21(16)32(3)22(18)33/h4-5,7,9-13H,6,8H2,1-3H3,(H,26,29,31)(H2,28,30,34). The van der Waals surface area contributed by atoms with Gasteiger partial charge in [0.1, 0.15) is 11.5 Å². The fourth-order valence-electron chi connectivity index (χ4n) is 3.65. The zero-order valence-corrected chi connectivity index (χ0v) is 19.0. The maximum atomic E-state index is 14.6. The van der Waals surface area contributed by atoms with Crippen LogP contribution < -0.4 is 21.5 Å². The van der Waals surface area contributed by atoms with Crippen molar-refractivity contribution in [1.29, 1.82) is 0 Å². The lowest BCUT2D eigenvalue weighted by Crippen LogP contribution is -2.30. The molecule has 0 fully saturated rings. The molecule has 0 aliphatic carbocycles. The second-order valence-electron chi connectivity index (χ2n) is 7.78. The molecule has 34 heavy (non-hydrogen) atoms. The van der Waals surface area contributed by atoms with Gasteiger partial charge in [-0.15, -0.1) is 0 Å². The first-order chi connectivity index (χ1) is 16.4. The molecule has 0 saturated heterocycles. The number of aryl methyl sites for hydroxylation is 2. The second-order valence-corrected chi connectivity index (χ2v) is 7.78. The Morgan fingerprint density at radius 2 is 2.00 bits per heavy atom. The molecule has 1 aromatic carbocycles. The average molecular weight is 462 g/mol. The number of nitrogens with zero attached hydrogens (tertiary/aromatic N) is 4. The van der Waals surface area contributed by atoms with Crippen LogP contribution in [0.3, 0.4) is 0 Å². The molecule has 0 spiro atoms. The van der Waals surface area contributed by atoms with E-state index in [4.69, 9.17) is 0 Å². The Morgan fingerprint density at radius 1 is 1.18 bits per heavy atom. The molecule has 0 aliphatic heterocycles. The van der Waals surface area contributed by atoms with Gasteiger partial charge in [0, 0.05) is 50.2 Å². The number of anilines is 2. The van der Waals surface area contributed by atoms with Crippen LogP contribution in [-0.4, -0.2) is 39.1 Å². The van der Waals surface area contributed by atoms with Crippen LogP contribution in [0, 0.1) is 12.7 Å². The third kappa shape index (κ3) is 4.70. The van der Waals surface area contributed by atoms with Crippen LogP contribution in [0.15, 0.2) is 53.7 Å². The van der Waals surface area contributed by atoms with Gasteiger partial charge in [-0.3, -0.25) is 14.3 Å². The van der Waals surface area contributed by atoms with Gasteiger partial charge in [-0.1, -0.05) is 6.07 Å². The summed E-state index contributed by atoms with van der Waals surface area (Å²) >= 11 is 0. The summed E-state index contributed by atoms with van der Waals surface area (Å²) in [5, 5.41) is 8.74. The molecule has 0 atom stereocenters. The first-order valence-corrected chi connectivity index (χ1v) is 10.7. The predicted octanol–water partition coefficient (Wildman–Crippen LogP) is 3.24. The van der Waals surface area contributed by atoms with Crippen LogP contribution in [0.1, 0.15) is 11.1 Å². The zero-order valence-electron chi connectivity index (χ0n) is 19.0. The van der Waals surface area contributed by atoms with Crippen LogP contribution in [-0.2, 0) is 13.5 Å². The van der Waals surface area contributed by atoms with E-state index < -0.39 is 11.8 Å². The van der Waals surface area contributed by atoms with Gasteiger partial charge in [-0.05, 0) is 54.3 Å². The van der Waals surface area contributed by atoms with Crippen molar-refractivity contribution in [1.82, 2.24) is 24.8 Å². The lowest BCUT2D eigenvalue weighted by molar-refractivity contribution is 0.252. The van der Waals surface area contributed by atoms with E-state index in [1.54, 1.807) is 45.7 Å². The number of aromatic nitrogens is 4. The maximum absolute atomic E-state index is 14.6. The minimum absolute atomic E-state index is 0.0246. The van der Waals surface area contributed by atoms with Gasteiger partial charge >= 0.3 is 6.03 Å². The first kappa shape index (κ1) is 22.8. The molecule has 0 radical (unpaired) electrons. The van der Waals surface area contributed by atoms with E-state index in [-0.39, 0.29) is 11.2 Å². The lowest BCUT2D eigenvalue weighted by atomic mass is 9.99. The summed E-state index contributed by atoms with van der Waals surface area (Å²) in [6.45, 7) is 2.07. The molecule has 0 saturated carbocycles. The van der Waals surface area contributed by atoms with Crippen LogP contribution >= 0.6 is 0 Å². The number of hydrogen-bond donors (Lipinski definition) is 3. The number of carbonyl (C=O) groups is 1. The van der Waals surface area contributed by atoms with E-state index in [2.05, 4.69) is 30.9 Å². The number of urea groups is 1. The van der Waals surface area contributed by atoms with Crippen molar-refractivity contribution in [3.8, 4) is 11.1 Å². The Morgan fingerprint density at radius 3 is 2.74 bits per heavy atom. The molecule has 0 unspecified atom stereocenters. The van der Waals surface area contributed by atoms with Crippen molar-refractivity contribution in [2.75, 3.05) is 24.2 Å². The normalized spacial score (nSPS) is 10.8. The van der Waals surface area contributed by atoms with Crippen LogP contribution in [0.25, 0.3) is 22.2 Å². The highest BCUT2D eigenvalue weighted by Gasteiger charge is 2.16. The number of halogens is 1. The second kappa shape index (κ2) is 9.65. The minimum Gasteiger partial charge on any atom is -0.357 e. The van der Waals surface area contributed by atoms with Crippen molar-refractivity contribution in [2.24, 2.45) is 7.05 Å². The van der Waals surface area contributed by atoms with Gasteiger partial charge in [0.15, 0.2) is 0 Å². The molecular formula is C24H24FN7O2. The third-order valence-electron chi connectivity index (χ3n) is 5.45. The molecule has 4 rings (SSSR count). The predicted molar refractivity (Wildman–Crippen MR) is 129 cm³/mol. The Balaban J connectivity index is 1.60. The summed E-state index contributed by atoms with van der Waals surface area (Å²) in [5.74, 6) is -0.197. The van der Waals surface area contributed by atoms with Gasteiger partial charge in [0.05, 0.1) is 5.69 Å². The summed E-state index contributed by atoms with van der Waals surface area (Å²) in [6.07, 6.45) is 5.61. The Bertz CT molecular complexity index is 1420. The van der Waals surface area contributed by atoms with Gasteiger partial charge in [0.2, 0.25) is 5.95 Å². The van der Waals surface area contributed by atoms with E-state index in [0.717, 1.165) is 5.56 Å². The molecule has 9 nitrogen and oxygen atoms in total. The Kier molecular flexibility index (Phi) is 6.48. The zero-order chi connectivity index (χ0) is 24.2. The highest BCUT2D eigenvalue weighted by molar-refractivity contribution is 5.91. The summed E-state index contributed by atoms with van der Waals surface area (Å²) in [7, 11) is 3.31. The summed E-state index contributed by atoms with van der Waals surface area (Å²) in [6, 6.07) is 7.63. The molecule has 10 heteroatoms. The molecule has 0 aliphatic rings. The summed E-state index contributed by atoms with van der Waals surface area (Å²) < 4.78 is 16.1. The largest absolute Gasteiger partial charge is 0.357 e. The Labute approximate surface area is 195 Å². The fraction of sp³-hybridized carbons (Fsp3) is 0.208. The monoisotopic (exact) mass is 461 g/mol. The van der Waals surface area contributed by atoms with E-state index in [1.807, 2.05) is 12.1 Å². The molecular weight excluding hydrogens is 437 g/mol. The number of hydrogen-bond acceptors (Lipinski definition) is 6. The molecule has 3 heterocycles. The molecule has 3 aromatic heterocycles. The average Bonchev–Trinajstić information content (AvgIpc) is 2.84. The van der Waals surface area contributed by atoms with Crippen LogP contribution in [0.5, 0.6) is 0 Å². The highest BCUT2D eigenvalue weighted by Crippen LogP contribution is 2.28. The van der Waals surface area contributed by atoms with Gasteiger partial charge < -0.3 is 16.0 Å². The fourth-order valence-corrected chi connectivity index (χ4v) is 3.65. The summed E-state index contributed by atoms with van der Waals surface area (Å²) in [4.78, 5) is 38.0. The van der Waals surface area contributed by atoms with Gasteiger partial charge in [0.25, 0.3) is 5.56 Å². The molecule has 3 N–H and O–H groups in total. The number of amides is 2. The van der Waals surface area contributed by atoms with E-state index in [9.17, 15) is 14.0 Å². The van der Waals surface area contributed by atoms with Crippen LogP contribution in [0.4, 0.5) is 20.8 Å². The van der Waals surface area contributed by atoms with E-state index >= 15 is 0 Å². The number of rotatable bonds is 6. The lowest BCUT2D eigenvalue weighted by Gasteiger charge is -2.14. The number of benzene rings is 1. The number of pyridine rings is 2. The van der Waals surface area contributed by atoms with Crippen molar-refractivity contribution in [3.05, 3.63) is 76.2 Å². The maximum Gasteiger partial charge on any atom is 0.319 e. The molecule has 174 valence electrons. The van der Waals surface area contributed by atoms with E-state index in [1.165, 1.54) is 16.7 Å². The van der Waals surface area contributed by atoms with Crippen molar-refractivity contribution >= 4 is 28.7 Å². The van der Waals surface area contributed by atoms with Crippen molar-refractivity contribution in [2.45, 2.75) is 13.3 Å². The topological polar surface area (TPSA) is 114 Å². The molecule has 2 amide bonds. The molecule has 4 aromatic rings. The Hall–Kier alpha value is -4.34. The van der Waals surface area contributed by atoms with Crippen molar-refractivity contribution < 1.29 is 9.18 Å². The highest BCUT2D eigenvalue weighted by atomic mass is 19.1. The van der Waals surface area contributed by atoms with Crippen molar-refractivity contribution in [3.63, 3.8) is 0 Å². The quantitative estimate of drug-likeness (QED) is 0.406. The first-order valence-electron chi connectivity index (χ1n) is 10.7. The van der Waals surface area contributed by atoms with Crippen LogP contribution in [0.2, 0.25) is 0 Å². The number of nitrogens with one attached hydrogen (secondary N) is 3. The number of fused-ring (bicyclic) bond motifs is 1. The van der Waals surface area contributed by atoms with Gasteiger partial charge in [-0.2, -0.15) is 4.98 Å².